The molecule has 7 N–H and O–H groups in total. The molecule has 0 radical (unpaired) electrons. The van der Waals surface area contributed by atoms with Crippen molar-refractivity contribution in [3.05, 3.63) is 11.4 Å². The number of aromatic nitrogens is 3. The molecule has 0 aliphatic heterocycles. The van der Waals surface area contributed by atoms with E-state index in [1.807, 2.05) is 5.43 Å². The first-order valence-corrected chi connectivity index (χ1v) is 8.47. The Labute approximate surface area is 137 Å². The zero-order chi connectivity index (χ0) is 18.3. The molecule has 1 heterocycles. The number of nitrogens with two attached hydrogens (primary N) is 2. The van der Waals surface area contributed by atoms with Crippen molar-refractivity contribution in [2.75, 3.05) is 13.2 Å². The lowest BCUT2D eigenvalue weighted by atomic mass is 10.3. The van der Waals surface area contributed by atoms with E-state index in [9.17, 15) is 19.3 Å². The molecular weight excluding hydrogens is 345 g/mol. The molecule has 0 saturated carbocycles. The van der Waals surface area contributed by atoms with Crippen LogP contribution in [0.25, 0.3) is 0 Å². The van der Waals surface area contributed by atoms with Crippen LogP contribution in [0.2, 0.25) is 0 Å². The minimum Gasteiger partial charge on any atom is -0.379 e. The van der Waals surface area contributed by atoms with E-state index in [4.69, 9.17) is 20.7 Å². The highest BCUT2D eigenvalue weighted by atomic mass is 31.2. The number of carbonyl (C=O) groups is 2. The minimum atomic E-state index is -3.88. The summed E-state index contributed by atoms with van der Waals surface area (Å²) in [4.78, 5) is 23.5. The first kappa shape index (κ1) is 20.2. The van der Waals surface area contributed by atoms with Crippen LogP contribution in [-0.4, -0.2) is 51.0 Å². The fourth-order valence-corrected chi connectivity index (χ4v) is 3.27. The molecule has 0 aliphatic carbocycles. The van der Waals surface area contributed by atoms with Gasteiger partial charge in [-0.2, -0.15) is 0 Å². The molecule has 1 aromatic heterocycles. The van der Waals surface area contributed by atoms with Gasteiger partial charge in [-0.15, -0.1) is 5.10 Å². The summed E-state index contributed by atoms with van der Waals surface area (Å²) >= 11 is 0. The van der Waals surface area contributed by atoms with Crippen molar-refractivity contribution in [2.45, 2.75) is 26.2 Å². The van der Waals surface area contributed by atoms with E-state index in [0.29, 0.717) is 0 Å². The third-order valence-corrected chi connectivity index (χ3v) is 4.88. The predicted molar refractivity (Wildman–Crippen MR) is 80.2 cm³/mol. The van der Waals surface area contributed by atoms with E-state index in [1.165, 1.54) is 0 Å². The molecular formula is C10H20N7O6P. The van der Waals surface area contributed by atoms with E-state index in [2.05, 4.69) is 10.3 Å². The van der Waals surface area contributed by atoms with Crippen LogP contribution in [-0.2, 0) is 20.2 Å². The Bertz CT molecular complexity index is 625. The Morgan fingerprint density at radius 1 is 1.25 bits per heavy atom. The molecule has 2 amide bonds. The first-order chi connectivity index (χ1) is 11.3. The molecule has 14 heteroatoms. The van der Waals surface area contributed by atoms with Crippen LogP contribution in [0.5, 0.6) is 0 Å². The van der Waals surface area contributed by atoms with Gasteiger partial charge in [0.1, 0.15) is 0 Å². The van der Waals surface area contributed by atoms with Gasteiger partial charge in [0.2, 0.25) is 0 Å². The lowest BCUT2D eigenvalue weighted by molar-refractivity contribution is 0.0906. The number of amides is 2. The molecule has 1 rings (SSSR count). The Kier molecular flexibility index (Phi) is 7.41. The Morgan fingerprint density at radius 2 is 1.79 bits per heavy atom. The zero-order valence-corrected chi connectivity index (χ0v) is 14.0. The average molecular weight is 365 g/mol. The van der Waals surface area contributed by atoms with E-state index in [-0.39, 0.29) is 18.9 Å². The molecule has 1 unspecified atom stereocenters. The Balaban J connectivity index is 3.18. The summed E-state index contributed by atoms with van der Waals surface area (Å²) in [5.74, 6) is 6.60. The lowest BCUT2D eigenvalue weighted by Crippen LogP contribution is -2.37. The second-order valence-corrected chi connectivity index (χ2v) is 6.46. The van der Waals surface area contributed by atoms with E-state index >= 15 is 0 Å². The summed E-state index contributed by atoms with van der Waals surface area (Å²) in [5, 5.41) is 17.3. The van der Waals surface area contributed by atoms with Gasteiger partial charge >= 0.3 is 7.60 Å². The summed E-state index contributed by atoms with van der Waals surface area (Å²) < 4.78 is 23.3. The fourth-order valence-electron chi connectivity index (χ4n) is 1.78. The molecule has 24 heavy (non-hydrogen) atoms. The number of rotatable bonds is 9. The maximum Gasteiger partial charge on any atom is 0.360 e. The van der Waals surface area contributed by atoms with Gasteiger partial charge in [0.05, 0.1) is 19.8 Å². The third-order valence-electron chi connectivity index (χ3n) is 2.75. The molecule has 136 valence electrons. The number of aliphatic hydroxyl groups excluding tert-OH is 1. The van der Waals surface area contributed by atoms with Gasteiger partial charge in [-0.25, -0.2) is 16.4 Å². The number of aliphatic hydroxyl groups is 1. The van der Waals surface area contributed by atoms with E-state index < -0.39 is 37.5 Å². The number of carbonyl (C=O) groups excluding carboxylic acids is 2. The van der Waals surface area contributed by atoms with Gasteiger partial charge in [-0.3, -0.25) is 25.0 Å². The molecule has 0 aromatic carbocycles. The number of nitrogens with zero attached hydrogens (tertiary/aromatic N) is 3. The van der Waals surface area contributed by atoms with Crippen LogP contribution >= 0.6 is 7.60 Å². The second kappa shape index (κ2) is 8.82. The highest BCUT2D eigenvalue weighted by Gasteiger charge is 2.36. The van der Waals surface area contributed by atoms with Crippen LogP contribution in [0.1, 0.15) is 34.8 Å². The van der Waals surface area contributed by atoms with Crippen molar-refractivity contribution in [2.24, 2.45) is 11.7 Å². The number of hydrogen-bond acceptors (Lipinski definition) is 10. The summed E-state index contributed by atoms with van der Waals surface area (Å²) in [7, 11) is -3.88. The highest BCUT2D eigenvalue weighted by Crippen LogP contribution is 2.52. The van der Waals surface area contributed by atoms with Crippen molar-refractivity contribution >= 4 is 19.4 Å². The van der Waals surface area contributed by atoms with Gasteiger partial charge < -0.3 is 14.2 Å². The topological polar surface area (TPSA) is 197 Å². The summed E-state index contributed by atoms with van der Waals surface area (Å²) in [5.41, 5.74) is 2.81. The molecule has 0 saturated heterocycles. The molecule has 13 nitrogen and oxygen atoms in total. The first-order valence-electron chi connectivity index (χ1n) is 6.86. The predicted octanol–water partition coefficient (Wildman–Crippen LogP) is -1.93. The van der Waals surface area contributed by atoms with Crippen molar-refractivity contribution in [3.8, 4) is 0 Å². The maximum atomic E-state index is 12.5. The smallest absolute Gasteiger partial charge is 0.360 e. The van der Waals surface area contributed by atoms with Crippen LogP contribution in [0, 0.1) is 0 Å². The van der Waals surface area contributed by atoms with Gasteiger partial charge in [-0.05, 0) is 13.8 Å². The van der Waals surface area contributed by atoms with Crippen molar-refractivity contribution in [3.63, 3.8) is 0 Å². The van der Waals surface area contributed by atoms with E-state index in [1.54, 1.807) is 19.3 Å². The molecule has 0 aliphatic rings. The number of nitrogens with one attached hydrogen (secondary N) is 2. The summed E-state index contributed by atoms with van der Waals surface area (Å²) in [6.45, 7) is 2.71. The second-order valence-electron chi connectivity index (χ2n) is 4.27. The molecule has 0 fully saturated rings. The van der Waals surface area contributed by atoms with Crippen molar-refractivity contribution in [1.29, 1.82) is 0 Å². The summed E-state index contributed by atoms with van der Waals surface area (Å²) in [6.07, 6.45) is 0. The highest BCUT2D eigenvalue weighted by molar-refractivity contribution is 7.54. The van der Waals surface area contributed by atoms with Crippen molar-refractivity contribution < 1.29 is 28.3 Å². The quantitative estimate of drug-likeness (QED) is 0.142. The van der Waals surface area contributed by atoms with Gasteiger partial charge in [0.25, 0.3) is 11.8 Å². The lowest BCUT2D eigenvalue weighted by Gasteiger charge is -2.22. The third kappa shape index (κ3) is 4.35. The van der Waals surface area contributed by atoms with Crippen LogP contribution in [0.3, 0.4) is 0 Å². The number of nitrogen functional groups attached to an aromatic ring is 2. The average Bonchev–Trinajstić information content (AvgIpc) is 2.97. The Hall–Kier alpha value is -1.89. The number of hydrazine groups is 2. The zero-order valence-electron chi connectivity index (χ0n) is 13.1. The fraction of sp³-hybridized carbons (Fsp3) is 0.600. The largest absolute Gasteiger partial charge is 0.379 e. The van der Waals surface area contributed by atoms with E-state index in [0.717, 1.165) is 4.68 Å². The monoisotopic (exact) mass is 365 g/mol. The van der Waals surface area contributed by atoms with Crippen molar-refractivity contribution in [1.82, 2.24) is 25.8 Å². The SMILES string of the molecule is CCOP(=O)(OCC)C(O)Cn1nnc(C(=O)NN)c1C(=O)NN. The van der Waals surface area contributed by atoms with Crippen LogP contribution in [0.4, 0.5) is 0 Å². The standard InChI is InChI=1S/C10H20N7O6P/c1-3-22-24(21,23-4-2)6(18)5-17-8(10(20)14-12)7(15-16-17)9(19)13-11/h6,18H,3-5,11-12H2,1-2H3,(H,13,19)(H,14,20). The minimum absolute atomic E-state index is 0.0304. The normalized spacial score (nSPS) is 12.7. The molecule has 1 atom stereocenters. The number of hydrogen-bond donors (Lipinski definition) is 5. The molecule has 0 bridgehead atoms. The molecule has 0 spiro atoms. The van der Waals surface area contributed by atoms with Gasteiger partial charge in [-0.1, -0.05) is 5.21 Å². The van der Waals surface area contributed by atoms with Crippen LogP contribution in [0.15, 0.2) is 0 Å². The molecule has 1 aromatic rings. The summed E-state index contributed by atoms with van der Waals surface area (Å²) in [6, 6.07) is 0. The van der Waals surface area contributed by atoms with Gasteiger partial charge in [0.15, 0.2) is 17.2 Å². The van der Waals surface area contributed by atoms with Crippen LogP contribution < -0.4 is 22.5 Å². The Morgan fingerprint density at radius 3 is 2.25 bits per heavy atom. The van der Waals surface area contributed by atoms with Gasteiger partial charge in [0, 0.05) is 0 Å². The maximum absolute atomic E-state index is 12.5.